The Bertz CT molecular complexity index is 484. The summed E-state index contributed by atoms with van der Waals surface area (Å²) in [7, 11) is 0. The summed E-state index contributed by atoms with van der Waals surface area (Å²) in [5.74, 6) is 0.484. The van der Waals surface area contributed by atoms with Crippen molar-refractivity contribution in [2.45, 2.75) is 46.2 Å². The maximum absolute atomic E-state index is 4.82. The first-order chi connectivity index (χ1) is 8.58. The lowest BCUT2D eigenvalue weighted by Gasteiger charge is -2.09. The molecule has 2 aromatic heterocycles. The van der Waals surface area contributed by atoms with Crippen LogP contribution in [0.15, 0.2) is 16.8 Å². The van der Waals surface area contributed by atoms with Crippen LogP contribution in [0.5, 0.6) is 0 Å². The van der Waals surface area contributed by atoms with Gasteiger partial charge in [-0.2, -0.15) is 11.3 Å². The fourth-order valence-electron chi connectivity index (χ4n) is 1.75. The van der Waals surface area contributed by atoms with Gasteiger partial charge in [0.1, 0.15) is 5.01 Å². The molecule has 2 heterocycles. The summed E-state index contributed by atoms with van der Waals surface area (Å²) in [5.41, 5.74) is 2.50. The molecule has 0 unspecified atom stereocenters. The van der Waals surface area contributed by atoms with E-state index in [9.17, 15) is 0 Å². The molecule has 18 heavy (non-hydrogen) atoms. The van der Waals surface area contributed by atoms with Gasteiger partial charge < -0.3 is 5.32 Å². The minimum Gasteiger partial charge on any atom is -0.310 e. The van der Waals surface area contributed by atoms with Gasteiger partial charge in [-0.15, -0.1) is 11.3 Å². The molecule has 0 saturated carbocycles. The van der Waals surface area contributed by atoms with Crippen molar-refractivity contribution in [2.24, 2.45) is 0 Å². The molecular weight excluding hydrogens is 260 g/mol. The quantitative estimate of drug-likeness (QED) is 0.872. The largest absolute Gasteiger partial charge is 0.310 e. The van der Waals surface area contributed by atoms with Gasteiger partial charge in [-0.05, 0) is 17.4 Å². The highest BCUT2D eigenvalue weighted by Gasteiger charge is 2.15. The van der Waals surface area contributed by atoms with Crippen LogP contribution < -0.4 is 5.32 Å². The second-order valence-corrected chi connectivity index (χ2v) is 6.89. The maximum atomic E-state index is 4.82. The number of aromatic nitrogens is 1. The number of hydrogen-bond acceptors (Lipinski definition) is 4. The Balaban J connectivity index is 2.27. The van der Waals surface area contributed by atoms with Crippen LogP contribution >= 0.6 is 22.7 Å². The summed E-state index contributed by atoms with van der Waals surface area (Å²) >= 11 is 3.55. The average Bonchev–Trinajstić information content (AvgIpc) is 2.94. The van der Waals surface area contributed by atoms with Gasteiger partial charge in [-0.3, -0.25) is 0 Å². The fourth-order valence-corrected chi connectivity index (χ4v) is 3.63. The fraction of sp³-hybridized carbons (Fsp3) is 0.500. The summed E-state index contributed by atoms with van der Waals surface area (Å²) in [4.78, 5) is 6.19. The van der Waals surface area contributed by atoms with E-state index in [1.807, 2.05) is 11.3 Å². The van der Waals surface area contributed by atoms with Gasteiger partial charge in [-0.1, -0.05) is 27.7 Å². The SMILES string of the molecule is CC(C)NCc1sc(-c2ccsc2)nc1C(C)C. The third-order valence-corrected chi connectivity index (χ3v) is 4.52. The Morgan fingerprint density at radius 1 is 1.28 bits per heavy atom. The Morgan fingerprint density at radius 2 is 2.06 bits per heavy atom. The highest BCUT2D eigenvalue weighted by atomic mass is 32.1. The van der Waals surface area contributed by atoms with E-state index in [-0.39, 0.29) is 0 Å². The first-order valence-electron chi connectivity index (χ1n) is 6.33. The van der Waals surface area contributed by atoms with E-state index in [4.69, 9.17) is 4.98 Å². The van der Waals surface area contributed by atoms with Crippen LogP contribution in [0.2, 0.25) is 0 Å². The van der Waals surface area contributed by atoms with Gasteiger partial charge in [0.15, 0.2) is 0 Å². The van der Waals surface area contributed by atoms with Crippen LogP contribution in [0.1, 0.15) is 44.2 Å². The lowest BCUT2D eigenvalue weighted by molar-refractivity contribution is 0.588. The van der Waals surface area contributed by atoms with Crippen molar-refractivity contribution in [1.29, 1.82) is 0 Å². The minimum atomic E-state index is 0.484. The Morgan fingerprint density at radius 3 is 2.61 bits per heavy atom. The monoisotopic (exact) mass is 280 g/mol. The molecule has 0 bridgehead atoms. The highest BCUT2D eigenvalue weighted by Crippen LogP contribution is 2.32. The Labute approximate surface area is 117 Å². The number of thiophene rings is 1. The van der Waals surface area contributed by atoms with Gasteiger partial charge in [0.05, 0.1) is 5.69 Å². The van der Waals surface area contributed by atoms with Crippen LogP contribution in [-0.4, -0.2) is 11.0 Å². The third-order valence-electron chi connectivity index (χ3n) is 2.71. The van der Waals surface area contributed by atoms with E-state index in [0.717, 1.165) is 11.6 Å². The van der Waals surface area contributed by atoms with E-state index in [1.54, 1.807) is 11.3 Å². The molecule has 4 heteroatoms. The van der Waals surface area contributed by atoms with E-state index < -0.39 is 0 Å². The zero-order chi connectivity index (χ0) is 13.1. The molecule has 0 fully saturated rings. The number of nitrogens with zero attached hydrogens (tertiary/aromatic N) is 1. The second-order valence-electron chi connectivity index (χ2n) is 5.03. The molecule has 2 aromatic rings. The molecule has 0 amide bonds. The van der Waals surface area contributed by atoms with Crippen molar-refractivity contribution in [3.8, 4) is 10.6 Å². The van der Waals surface area contributed by atoms with Crippen molar-refractivity contribution in [3.05, 3.63) is 27.4 Å². The topological polar surface area (TPSA) is 24.9 Å². The van der Waals surface area contributed by atoms with Crippen LogP contribution in [0.25, 0.3) is 10.6 Å². The van der Waals surface area contributed by atoms with Gasteiger partial charge in [-0.25, -0.2) is 4.98 Å². The van der Waals surface area contributed by atoms with E-state index >= 15 is 0 Å². The van der Waals surface area contributed by atoms with Crippen molar-refractivity contribution >= 4 is 22.7 Å². The van der Waals surface area contributed by atoms with Gasteiger partial charge in [0.2, 0.25) is 0 Å². The highest BCUT2D eigenvalue weighted by molar-refractivity contribution is 7.15. The van der Waals surface area contributed by atoms with Gasteiger partial charge in [0.25, 0.3) is 0 Å². The average molecular weight is 280 g/mol. The first kappa shape index (κ1) is 13.7. The lowest BCUT2D eigenvalue weighted by atomic mass is 10.1. The third kappa shape index (κ3) is 3.19. The summed E-state index contributed by atoms with van der Waals surface area (Å²) in [6.45, 7) is 9.70. The van der Waals surface area contributed by atoms with Crippen molar-refractivity contribution in [3.63, 3.8) is 0 Å². The molecule has 2 nitrogen and oxygen atoms in total. The summed E-state index contributed by atoms with van der Waals surface area (Å²) in [6, 6.07) is 2.66. The smallest absolute Gasteiger partial charge is 0.124 e. The first-order valence-corrected chi connectivity index (χ1v) is 8.09. The van der Waals surface area contributed by atoms with Gasteiger partial charge >= 0.3 is 0 Å². The lowest BCUT2D eigenvalue weighted by Crippen LogP contribution is -2.22. The Kier molecular flexibility index (Phi) is 4.54. The van der Waals surface area contributed by atoms with Crippen molar-refractivity contribution in [1.82, 2.24) is 10.3 Å². The number of nitrogens with one attached hydrogen (secondary N) is 1. The minimum absolute atomic E-state index is 0.484. The predicted molar refractivity (Wildman–Crippen MR) is 81.5 cm³/mol. The van der Waals surface area contributed by atoms with Gasteiger partial charge in [0, 0.05) is 28.4 Å². The molecular formula is C14H20N2S2. The summed E-state index contributed by atoms with van der Waals surface area (Å²) < 4.78 is 0. The number of rotatable bonds is 5. The van der Waals surface area contributed by atoms with E-state index in [1.165, 1.54) is 16.1 Å². The molecule has 0 spiro atoms. The molecule has 0 radical (unpaired) electrons. The molecule has 0 atom stereocenters. The normalized spacial score (nSPS) is 11.7. The van der Waals surface area contributed by atoms with Crippen LogP contribution in [0.4, 0.5) is 0 Å². The van der Waals surface area contributed by atoms with Crippen LogP contribution in [0.3, 0.4) is 0 Å². The molecule has 2 rings (SSSR count). The molecule has 0 aromatic carbocycles. The molecule has 0 saturated heterocycles. The van der Waals surface area contributed by atoms with Crippen LogP contribution in [-0.2, 0) is 6.54 Å². The van der Waals surface area contributed by atoms with E-state index in [0.29, 0.717) is 12.0 Å². The zero-order valence-corrected chi connectivity index (χ0v) is 13.0. The van der Waals surface area contributed by atoms with Crippen molar-refractivity contribution < 1.29 is 0 Å². The Hall–Kier alpha value is -0.710. The summed E-state index contributed by atoms with van der Waals surface area (Å²) in [5, 5.41) is 8.92. The van der Waals surface area contributed by atoms with Crippen molar-refractivity contribution in [2.75, 3.05) is 0 Å². The number of hydrogen-bond donors (Lipinski definition) is 1. The second kappa shape index (κ2) is 5.95. The predicted octanol–water partition coefficient (Wildman–Crippen LogP) is 4.49. The molecule has 0 aliphatic heterocycles. The van der Waals surface area contributed by atoms with E-state index in [2.05, 4.69) is 49.8 Å². The zero-order valence-electron chi connectivity index (χ0n) is 11.4. The standard InChI is InChI=1S/C14H20N2S2/c1-9(2)13-12(7-15-10(3)4)18-14(16-13)11-5-6-17-8-11/h5-6,8-10,15H,7H2,1-4H3. The molecule has 98 valence electrons. The number of thiazole rings is 1. The summed E-state index contributed by atoms with van der Waals surface area (Å²) in [6.07, 6.45) is 0. The molecule has 1 N–H and O–H groups in total. The molecule has 0 aliphatic rings. The van der Waals surface area contributed by atoms with Crippen LogP contribution in [0, 0.1) is 0 Å². The molecule has 0 aliphatic carbocycles. The maximum Gasteiger partial charge on any atom is 0.124 e.